The van der Waals surface area contributed by atoms with Gasteiger partial charge in [0.25, 0.3) is 0 Å². The second-order valence-electron chi connectivity index (χ2n) is 6.51. The molecule has 1 aromatic carbocycles. The maximum absolute atomic E-state index is 12.6. The van der Waals surface area contributed by atoms with E-state index in [1.165, 1.54) is 0 Å². The number of sulfonamides is 1. The monoisotopic (exact) mass is 353 g/mol. The molecule has 7 heteroatoms. The van der Waals surface area contributed by atoms with Crippen molar-refractivity contribution in [1.82, 2.24) is 14.2 Å². The summed E-state index contributed by atoms with van der Waals surface area (Å²) in [7, 11) is -1.50. The number of alkyl halides is 1. The molecule has 2 aromatic rings. The highest BCUT2D eigenvalue weighted by Crippen LogP contribution is 2.23. The Balaban J connectivity index is 1.79. The number of benzene rings is 1. The van der Waals surface area contributed by atoms with E-state index in [-0.39, 0.29) is 5.75 Å². The Hall–Kier alpha value is -1.44. The van der Waals surface area contributed by atoms with Gasteiger partial charge in [-0.05, 0) is 49.6 Å². The molecule has 0 bridgehead atoms. The second kappa shape index (κ2) is 7.21. The first kappa shape index (κ1) is 17.4. The molecule has 5 nitrogen and oxygen atoms in total. The molecule has 0 saturated carbocycles. The molecule has 1 saturated heterocycles. The van der Waals surface area contributed by atoms with Crippen LogP contribution in [0, 0.1) is 0 Å². The van der Waals surface area contributed by atoms with Crippen molar-refractivity contribution >= 4 is 20.9 Å². The minimum Gasteiger partial charge on any atom is -0.361 e. The molecule has 2 heterocycles. The van der Waals surface area contributed by atoms with E-state index in [2.05, 4.69) is 4.98 Å². The number of hydrogen-bond donors (Lipinski definition) is 1. The van der Waals surface area contributed by atoms with Gasteiger partial charge in [0, 0.05) is 36.7 Å². The third kappa shape index (κ3) is 3.79. The van der Waals surface area contributed by atoms with E-state index in [0.717, 1.165) is 41.3 Å². The van der Waals surface area contributed by atoms with Crippen molar-refractivity contribution in [2.75, 3.05) is 33.5 Å². The van der Waals surface area contributed by atoms with Gasteiger partial charge in [0.2, 0.25) is 10.0 Å². The predicted octanol–water partition coefficient (Wildman–Crippen LogP) is 2.49. The fourth-order valence-electron chi connectivity index (χ4n) is 3.16. The molecular formula is C17H24FN3O2S. The molecule has 0 radical (unpaired) electrons. The van der Waals surface area contributed by atoms with Crippen LogP contribution in [0.25, 0.3) is 10.9 Å². The van der Waals surface area contributed by atoms with E-state index in [1.807, 2.05) is 24.4 Å². The Labute approximate surface area is 142 Å². The Morgan fingerprint density at radius 2 is 2.04 bits per heavy atom. The molecule has 0 atom stereocenters. The highest BCUT2D eigenvalue weighted by atomic mass is 32.2. The van der Waals surface area contributed by atoms with E-state index in [9.17, 15) is 12.8 Å². The fraction of sp³-hybridized carbons (Fsp3) is 0.529. The van der Waals surface area contributed by atoms with Crippen LogP contribution in [0.1, 0.15) is 24.0 Å². The highest BCUT2D eigenvalue weighted by Gasteiger charge is 2.25. The standard InChI is InChI=1S/C17H24FN3O2S/c1-20(13-18)9-6-15-11-19-17-5-4-14(10-16(15)17)12-24(22,23)21-7-2-3-8-21/h4-5,10-11,19H,2-3,6-9,12-13H2,1H3. The van der Waals surface area contributed by atoms with Crippen molar-refractivity contribution in [3.8, 4) is 0 Å². The molecule has 0 amide bonds. The SMILES string of the molecule is CN(CF)CCc1c[nH]c2ccc(CS(=O)(=O)N3CCCC3)cc12. The zero-order valence-corrected chi connectivity index (χ0v) is 14.8. The van der Waals surface area contributed by atoms with Crippen LogP contribution < -0.4 is 0 Å². The molecule has 132 valence electrons. The lowest BCUT2D eigenvalue weighted by Gasteiger charge is -2.15. The first-order chi connectivity index (χ1) is 11.5. The lowest BCUT2D eigenvalue weighted by Crippen LogP contribution is -2.29. The van der Waals surface area contributed by atoms with Crippen molar-refractivity contribution in [2.24, 2.45) is 0 Å². The topological polar surface area (TPSA) is 56.4 Å². The number of halogens is 1. The molecule has 0 unspecified atom stereocenters. The molecule has 1 aliphatic rings. The molecular weight excluding hydrogens is 329 g/mol. The quantitative estimate of drug-likeness (QED) is 0.778. The minimum absolute atomic E-state index is 0.0396. The zero-order chi connectivity index (χ0) is 17.2. The van der Waals surface area contributed by atoms with Gasteiger partial charge in [0.05, 0.1) is 5.75 Å². The van der Waals surface area contributed by atoms with Crippen LogP contribution in [0.3, 0.4) is 0 Å². The number of aromatic amines is 1. The lowest BCUT2D eigenvalue weighted by atomic mass is 10.1. The number of nitrogens with one attached hydrogen (secondary N) is 1. The molecule has 3 rings (SSSR count). The maximum Gasteiger partial charge on any atom is 0.218 e. The van der Waals surface area contributed by atoms with Crippen molar-refractivity contribution < 1.29 is 12.8 Å². The molecule has 0 spiro atoms. The molecule has 1 aromatic heterocycles. The van der Waals surface area contributed by atoms with Gasteiger partial charge < -0.3 is 4.98 Å². The smallest absolute Gasteiger partial charge is 0.218 e. The summed E-state index contributed by atoms with van der Waals surface area (Å²) >= 11 is 0. The van der Waals surface area contributed by atoms with E-state index in [0.29, 0.717) is 19.6 Å². The van der Waals surface area contributed by atoms with Gasteiger partial charge in [-0.2, -0.15) is 0 Å². The largest absolute Gasteiger partial charge is 0.361 e. The normalized spacial score (nSPS) is 16.5. The summed E-state index contributed by atoms with van der Waals surface area (Å²) in [5, 5.41) is 1.02. The number of hydrogen-bond acceptors (Lipinski definition) is 3. The first-order valence-electron chi connectivity index (χ1n) is 8.31. The fourth-order valence-corrected chi connectivity index (χ4v) is 4.76. The molecule has 1 aliphatic heterocycles. The molecule has 0 aliphatic carbocycles. The van der Waals surface area contributed by atoms with E-state index in [1.54, 1.807) is 16.3 Å². The van der Waals surface area contributed by atoms with Gasteiger partial charge >= 0.3 is 0 Å². The number of H-pyrrole nitrogens is 1. The third-order valence-electron chi connectivity index (χ3n) is 4.61. The summed E-state index contributed by atoms with van der Waals surface area (Å²) in [6.45, 7) is 1.42. The van der Waals surface area contributed by atoms with Gasteiger partial charge in [-0.25, -0.2) is 17.1 Å². The van der Waals surface area contributed by atoms with Crippen molar-refractivity contribution in [3.05, 3.63) is 35.5 Å². The average molecular weight is 353 g/mol. The van der Waals surface area contributed by atoms with Gasteiger partial charge in [0.1, 0.15) is 6.80 Å². The van der Waals surface area contributed by atoms with Crippen LogP contribution in [0.4, 0.5) is 4.39 Å². The highest BCUT2D eigenvalue weighted by molar-refractivity contribution is 7.88. The van der Waals surface area contributed by atoms with Crippen LogP contribution in [-0.2, 0) is 22.2 Å². The second-order valence-corrected chi connectivity index (χ2v) is 8.47. The summed E-state index contributed by atoms with van der Waals surface area (Å²) in [5.41, 5.74) is 2.87. The van der Waals surface area contributed by atoms with E-state index < -0.39 is 16.8 Å². The Bertz CT molecular complexity index is 797. The van der Waals surface area contributed by atoms with Crippen LogP contribution in [0.2, 0.25) is 0 Å². The number of fused-ring (bicyclic) bond motifs is 1. The Kier molecular flexibility index (Phi) is 5.22. The van der Waals surface area contributed by atoms with Crippen molar-refractivity contribution in [1.29, 1.82) is 0 Å². The van der Waals surface area contributed by atoms with Crippen LogP contribution in [-0.4, -0.2) is 56.1 Å². The predicted molar refractivity (Wildman–Crippen MR) is 94.0 cm³/mol. The first-order valence-corrected chi connectivity index (χ1v) is 9.92. The van der Waals surface area contributed by atoms with E-state index >= 15 is 0 Å². The van der Waals surface area contributed by atoms with Crippen LogP contribution >= 0.6 is 0 Å². The molecule has 1 N–H and O–H groups in total. The van der Waals surface area contributed by atoms with Crippen LogP contribution in [0.5, 0.6) is 0 Å². The Morgan fingerprint density at radius 1 is 1.29 bits per heavy atom. The maximum atomic E-state index is 12.6. The average Bonchev–Trinajstić information content (AvgIpc) is 3.22. The Morgan fingerprint density at radius 3 is 2.75 bits per heavy atom. The summed E-state index contributed by atoms with van der Waals surface area (Å²) < 4.78 is 39.1. The zero-order valence-electron chi connectivity index (χ0n) is 14.0. The van der Waals surface area contributed by atoms with Gasteiger partial charge in [-0.15, -0.1) is 0 Å². The lowest BCUT2D eigenvalue weighted by molar-refractivity contribution is 0.227. The summed E-state index contributed by atoms with van der Waals surface area (Å²) in [6.07, 6.45) is 4.54. The van der Waals surface area contributed by atoms with Crippen LogP contribution in [0.15, 0.2) is 24.4 Å². The third-order valence-corrected chi connectivity index (χ3v) is 6.46. The summed E-state index contributed by atoms with van der Waals surface area (Å²) in [4.78, 5) is 4.81. The number of aromatic nitrogens is 1. The van der Waals surface area contributed by atoms with Gasteiger partial charge in [0.15, 0.2) is 0 Å². The summed E-state index contributed by atoms with van der Waals surface area (Å²) in [5.74, 6) is 0.0396. The number of rotatable bonds is 7. The summed E-state index contributed by atoms with van der Waals surface area (Å²) in [6, 6.07) is 5.74. The van der Waals surface area contributed by atoms with Gasteiger partial charge in [-0.1, -0.05) is 6.07 Å². The minimum atomic E-state index is -3.24. The van der Waals surface area contributed by atoms with E-state index in [4.69, 9.17) is 0 Å². The molecule has 24 heavy (non-hydrogen) atoms. The van der Waals surface area contributed by atoms with Crippen molar-refractivity contribution in [3.63, 3.8) is 0 Å². The molecule has 1 fully saturated rings. The number of nitrogens with zero attached hydrogens (tertiary/aromatic N) is 2. The van der Waals surface area contributed by atoms with Crippen molar-refractivity contribution in [2.45, 2.75) is 25.0 Å². The number of likely N-dealkylation sites (N-methyl/N-ethyl adjacent to an activating group) is 1. The van der Waals surface area contributed by atoms with Gasteiger partial charge in [-0.3, -0.25) is 4.90 Å².